The van der Waals surface area contributed by atoms with Crippen LogP contribution in [0.15, 0.2) is 24.3 Å². The number of carbonyl (C=O) groups is 1. The number of para-hydroxylation sites is 2. The smallest absolute Gasteiger partial charge is 0.258 e. The van der Waals surface area contributed by atoms with Crippen LogP contribution in [0.1, 0.15) is 26.2 Å². The predicted molar refractivity (Wildman–Crippen MR) is 79.0 cm³/mol. The van der Waals surface area contributed by atoms with Crippen molar-refractivity contribution >= 4 is 5.91 Å². The molecule has 1 rings (SSSR count). The van der Waals surface area contributed by atoms with Gasteiger partial charge in [0.05, 0.1) is 7.11 Å². The molecule has 5 heteroatoms. The van der Waals surface area contributed by atoms with Gasteiger partial charge in [-0.1, -0.05) is 31.9 Å². The summed E-state index contributed by atoms with van der Waals surface area (Å²) in [5, 5.41) is 2.88. The molecule has 1 atom stereocenters. The van der Waals surface area contributed by atoms with E-state index < -0.39 is 0 Å². The number of nitrogens with two attached hydrogens (primary N) is 1. The maximum absolute atomic E-state index is 11.8. The summed E-state index contributed by atoms with van der Waals surface area (Å²) in [6, 6.07) is 7.25. The fraction of sp³-hybridized carbons (Fsp3) is 0.533. The molecule has 0 aromatic heterocycles. The standard InChI is InChI=1S/C15H24N2O3/c1-3-4-7-12(10-16)17-15(18)11-20-14-9-6-5-8-13(14)19-2/h5-6,8-9,12H,3-4,7,10-11,16H2,1-2H3,(H,17,18). The van der Waals surface area contributed by atoms with Crippen LogP contribution in [0.2, 0.25) is 0 Å². The Bertz CT molecular complexity index is 410. The van der Waals surface area contributed by atoms with Crippen molar-refractivity contribution in [3.05, 3.63) is 24.3 Å². The minimum Gasteiger partial charge on any atom is -0.493 e. The van der Waals surface area contributed by atoms with E-state index in [0.29, 0.717) is 18.0 Å². The number of unbranched alkanes of at least 4 members (excludes halogenated alkanes) is 1. The van der Waals surface area contributed by atoms with E-state index in [2.05, 4.69) is 12.2 Å². The first-order valence-corrected chi connectivity index (χ1v) is 6.96. The van der Waals surface area contributed by atoms with Crippen LogP contribution in [-0.2, 0) is 4.79 Å². The Balaban J connectivity index is 2.42. The Morgan fingerprint density at radius 1 is 1.35 bits per heavy atom. The lowest BCUT2D eigenvalue weighted by atomic mass is 10.1. The van der Waals surface area contributed by atoms with Gasteiger partial charge in [-0.25, -0.2) is 0 Å². The van der Waals surface area contributed by atoms with E-state index in [9.17, 15) is 4.79 Å². The van der Waals surface area contributed by atoms with Gasteiger partial charge < -0.3 is 20.5 Å². The molecule has 20 heavy (non-hydrogen) atoms. The first-order chi connectivity index (χ1) is 9.71. The zero-order valence-electron chi connectivity index (χ0n) is 12.2. The highest BCUT2D eigenvalue weighted by Gasteiger charge is 2.11. The molecule has 0 spiro atoms. The zero-order chi connectivity index (χ0) is 14.8. The van der Waals surface area contributed by atoms with Gasteiger partial charge in [-0.2, -0.15) is 0 Å². The van der Waals surface area contributed by atoms with Crippen LogP contribution >= 0.6 is 0 Å². The van der Waals surface area contributed by atoms with Crippen molar-refractivity contribution in [2.24, 2.45) is 5.73 Å². The molecule has 0 aliphatic carbocycles. The van der Waals surface area contributed by atoms with Crippen molar-refractivity contribution in [2.75, 3.05) is 20.3 Å². The summed E-state index contributed by atoms with van der Waals surface area (Å²) >= 11 is 0. The third-order valence-electron chi connectivity index (χ3n) is 2.98. The zero-order valence-corrected chi connectivity index (χ0v) is 12.2. The summed E-state index contributed by atoms with van der Waals surface area (Å²) in [5.74, 6) is 1.01. The third-order valence-corrected chi connectivity index (χ3v) is 2.98. The highest BCUT2D eigenvalue weighted by Crippen LogP contribution is 2.25. The molecule has 1 aromatic carbocycles. The molecular formula is C15H24N2O3. The minimum atomic E-state index is -0.164. The lowest BCUT2D eigenvalue weighted by Gasteiger charge is -2.17. The van der Waals surface area contributed by atoms with Crippen LogP contribution < -0.4 is 20.5 Å². The number of methoxy groups -OCH3 is 1. The molecule has 1 unspecified atom stereocenters. The summed E-state index contributed by atoms with van der Waals surface area (Å²) in [6.45, 7) is 2.52. The highest BCUT2D eigenvalue weighted by atomic mass is 16.5. The first-order valence-electron chi connectivity index (χ1n) is 6.96. The molecule has 112 valence electrons. The van der Waals surface area contributed by atoms with Crippen LogP contribution in [0.4, 0.5) is 0 Å². The van der Waals surface area contributed by atoms with Crippen LogP contribution in [0.25, 0.3) is 0 Å². The Morgan fingerprint density at radius 2 is 2.05 bits per heavy atom. The van der Waals surface area contributed by atoms with Crippen LogP contribution in [0.3, 0.4) is 0 Å². The number of hydrogen-bond donors (Lipinski definition) is 2. The van der Waals surface area contributed by atoms with E-state index in [4.69, 9.17) is 15.2 Å². The average Bonchev–Trinajstić information content (AvgIpc) is 2.49. The van der Waals surface area contributed by atoms with Crippen molar-refractivity contribution in [3.63, 3.8) is 0 Å². The van der Waals surface area contributed by atoms with Crippen molar-refractivity contribution in [1.82, 2.24) is 5.32 Å². The van der Waals surface area contributed by atoms with Gasteiger partial charge in [0.25, 0.3) is 5.91 Å². The molecule has 0 bridgehead atoms. The van der Waals surface area contributed by atoms with E-state index in [0.717, 1.165) is 19.3 Å². The van der Waals surface area contributed by atoms with Crippen molar-refractivity contribution in [3.8, 4) is 11.5 Å². The van der Waals surface area contributed by atoms with Gasteiger partial charge in [0.15, 0.2) is 18.1 Å². The maximum Gasteiger partial charge on any atom is 0.258 e. The number of rotatable bonds is 9. The van der Waals surface area contributed by atoms with Crippen molar-refractivity contribution < 1.29 is 14.3 Å². The predicted octanol–water partition coefficient (Wildman–Crippen LogP) is 1.71. The summed E-state index contributed by atoms with van der Waals surface area (Å²) in [7, 11) is 1.57. The Morgan fingerprint density at radius 3 is 2.65 bits per heavy atom. The first kappa shape index (κ1) is 16.3. The molecule has 1 aromatic rings. The lowest BCUT2D eigenvalue weighted by Crippen LogP contribution is -2.42. The second kappa shape index (κ2) is 9.20. The molecule has 0 saturated carbocycles. The second-order valence-electron chi connectivity index (χ2n) is 4.58. The fourth-order valence-corrected chi connectivity index (χ4v) is 1.85. The third kappa shape index (κ3) is 5.48. The number of carbonyl (C=O) groups excluding carboxylic acids is 1. The molecule has 0 radical (unpaired) electrons. The van der Waals surface area contributed by atoms with E-state index in [1.54, 1.807) is 19.2 Å². The van der Waals surface area contributed by atoms with Crippen LogP contribution in [0, 0.1) is 0 Å². The van der Waals surface area contributed by atoms with Gasteiger partial charge in [0, 0.05) is 12.6 Å². The van der Waals surface area contributed by atoms with Crippen LogP contribution in [-0.4, -0.2) is 32.2 Å². The molecule has 0 heterocycles. The quantitative estimate of drug-likeness (QED) is 0.722. The molecule has 3 N–H and O–H groups in total. The van der Waals surface area contributed by atoms with Gasteiger partial charge >= 0.3 is 0 Å². The summed E-state index contributed by atoms with van der Waals surface area (Å²) in [5.41, 5.74) is 5.64. The summed E-state index contributed by atoms with van der Waals surface area (Å²) < 4.78 is 10.6. The molecule has 0 aliphatic heterocycles. The Hall–Kier alpha value is -1.75. The highest BCUT2D eigenvalue weighted by molar-refractivity contribution is 5.78. The summed E-state index contributed by atoms with van der Waals surface area (Å²) in [6.07, 6.45) is 3.03. The SMILES string of the molecule is CCCCC(CN)NC(=O)COc1ccccc1OC. The van der Waals surface area contributed by atoms with Gasteiger partial charge in [-0.15, -0.1) is 0 Å². The van der Waals surface area contributed by atoms with Crippen molar-refractivity contribution in [2.45, 2.75) is 32.2 Å². The number of hydrogen-bond acceptors (Lipinski definition) is 4. The van der Waals surface area contributed by atoms with Gasteiger partial charge in [0.1, 0.15) is 0 Å². The monoisotopic (exact) mass is 280 g/mol. The number of amides is 1. The van der Waals surface area contributed by atoms with Gasteiger partial charge in [0.2, 0.25) is 0 Å². The molecule has 5 nitrogen and oxygen atoms in total. The van der Waals surface area contributed by atoms with Crippen LogP contribution in [0.5, 0.6) is 11.5 Å². The van der Waals surface area contributed by atoms with E-state index >= 15 is 0 Å². The van der Waals surface area contributed by atoms with E-state index in [1.807, 2.05) is 12.1 Å². The average molecular weight is 280 g/mol. The number of nitrogens with one attached hydrogen (secondary N) is 1. The number of benzene rings is 1. The second-order valence-corrected chi connectivity index (χ2v) is 4.58. The minimum absolute atomic E-state index is 0.0173. The van der Waals surface area contributed by atoms with E-state index in [-0.39, 0.29) is 18.6 Å². The van der Waals surface area contributed by atoms with Gasteiger partial charge in [-0.3, -0.25) is 4.79 Å². The Kier molecular flexibility index (Phi) is 7.50. The molecule has 0 saturated heterocycles. The Labute approximate surface area is 120 Å². The normalized spacial score (nSPS) is 11.8. The topological polar surface area (TPSA) is 73.6 Å². The largest absolute Gasteiger partial charge is 0.493 e. The molecular weight excluding hydrogens is 256 g/mol. The lowest BCUT2D eigenvalue weighted by molar-refractivity contribution is -0.123. The number of ether oxygens (including phenoxy) is 2. The molecule has 1 amide bonds. The maximum atomic E-state index is 11.8. The summed E-state index contributed by atoms with van der Waals surface area (Å²) in [4.78, 5) is 11.8. The molecule has 0 aliphatic rings. The fourth-order valence-electron chi connectivity index (χ4n) is 1.85. The van der Waals surface area contributed by atoms with Gasteiger partial charge in [-0.05, 0) is 18.6 Å². The van der Waals surface area contributed by atoms with E-state index in [1.165, 1.54) is 0 Å². The molecule has 0 fully saturated rings. The van der Waals surface area contributed by atoms with Crippen molar-refractivity contribution in [1.29, 1.82) is 0 Å².